The van der Waals surface area contributed by atoms with Gasteiger partial charge < -0.3 is 5.73 Å². The van der Waals surface area contributed by atoms with E-state index in [1.165, 1.54) is 6.33 Å². The molecule has 0 bridgehead atoms. The summed E-state index contributed by atoms with van der Waals surface area (Å²) in [6, 6.07) is 6.29. The molecule has 94 valence electrons. The van der Waals surface area contributed by atoms with Gasteiger partial charge in [0.05, 0.1) is 11.5 Å². The lowest BCUT2D eigenvalue weighted by molar-refractivity contribution is 0.388. The number of hydrogen-bond acceptors (Lipinski definition) is 4. The Bertz CT molecular complexity index is 595. The van der Waals surface area contributed by atoms with E-state index in [0.29, 0.717) is 5.82 Å². The third-order valence-corrected chi connectivity index (χ3v) is 3.54. The number of nitriles is 1. The molecule has 5 nitrogen and oxygen atoms in total. The number of hydrogen-bond donors (Lipinski definition) is 1. The monoisotopic (exact) mass is 243 g/mol. The zero-order valence-electron chi connectivity index (χ0n) is 10.7. The Morgan fingerprint density at radius 1 is 1.50 bits per heavy atom. The van der Waals surface area contributed by atoms with Crippen LogP contribution in [0.5, 0.6) is 0 Å². The average Bonchev–Trinajstić information content (AvgIpc) is 2.81. The molecule has 0 spiro atoms. The van der Waals surface area contributed by atoms with Crippen molar-refractivity contribution in [3.63, 3.8) is 0 Å². The predicted molar refractivity (Wildman–Crippen MR) is 69.7 cm³/mol. The van der Waals surface area contributed by atoms with Crippen LogP contribution in [0.15, 0.2) is 18.5 Å². The number of nitrogens with zero attached hydrogens (tertiary/aromatic N) is 4. The standard InChI is InChI=1S/C13H17N5/c1-3-13(2,8-14)7-6-10-4-5-11-12(15)16-9-17-18(10)11/h4-5,9H,3,6-7H2,1-2H3,(H2,15,16,17). The first kappa shape index (κ1) is 12.4. The molecule has 18 heavy (non-hydrogen) atoms. The van der Waals surface area contributed by atoms with Crippen molar-refractivity contribution in [2.75, 3.05) is 5.73 Å². The van der Waals surface area contributed by atoms with E-state index in [1.807, 2.05) is 26.0 Å². The largest absolute Gasteiger partial charge is 0.382 e. The Kier molecular flexibility index (Phi) is 3.19. The fourth-order valence-corrected chi connectivity index (χ4v) is 1.91. The molecular formula is C13H17N5. The highest BCUT2D eigenvalue weighted by Crippen LogP contribution is 2.27. The Morgan fingerprint density at radius 2 is 2.28 bits per heavy atom. The predicted octanol–water partition coefficient (Wildman–Crippen LogP) is 2.18. The van der Waals surface area contributed by atoms with Gasteiger partial charge in [-0.3, -0.25) is 0 Å². The van der Waals surface area contributed by atoms with Crippen molar-refractivity contribution in [2.45, 2.75) is 33.1 Å². The van der Waals surface area contributed by atoms with Gasteiger partial charge in [-0.25, -0.2) is 9.50 Å². The van der Waals surface area contributed by atoms with Gasteiger partial charge in [0.15, 0.2) is 5.82 Å². The Labute approximate surface area is 106 Å². The molecule has 2 rings (SSSR count). The van der Waals surface area contributed by atoms with Gasteiger partial charge in [0.25, 0.3) is 0 Å². The quantitative estimate of drug-likeness (QED) is 0.892. The summed E-state index contributed by atoms with van der Waals surface area (Å²) in [5.41, 5.74) is 7.39. The summed E-state index contributed by atoms with van der Waals surface area (Å²) in [5.74, 6) is 0.481. The summed E-state index contributed by atoms with van der Waals surface area (Å²) in [6.07, 6.45) is 3.93. The summed E-state index contributed by atoms with van der Waals surface area (Å²) in [6.45, 7) is 4.03. The van der Waals surface area contributed by atoms with Crippen molar-refractivity contribution in [1.82, 2.24) is 14.6 Å². The van der Waals surface area contributed by atoms with Crippen LogP contribution in [-0.2, 0) is 6.42 Å². The Morgan fingerprint density at radius 3 is 2.94 bits per heavy atom. The molecule has 0 aliphatic carbocycles. The second-order valence-corrected chi connectivity index (χ2v) is 4.79. The van der Waals surface area contributed by atoms with E-state index in [4.69, 9.17) is 11.0 Å². The molecule has 2 aromatic rings. The van der Waals surface area contributed by atoms with Gasteiger partial charge in [0, 0.05) is 5.69 Å². The smallest absolute Gasteiger partial charge is 0.151 e. The number of anilines is 1. The lowest BCUT2D eigenvalue weighted by atomic mass is 9.84. The molecule has 0 radical (unpaired) electrons. The van der Waals surface area contributed by atoms with Crippen LogP contribution in [0.1, 0.15) is 32.4 Å². The third-order valence-electron chi connectivity index (χ3n) is 3.54. The molecule has 0 amide bonds. The first-order valence-corrected chi connectivity index (χ1v) is 6.08. The molecule has 0 saturated carbocycles. The van der Waals surface area contributed by atoms with Crippen molar-refractivity contribution in [2.24, 2.45) is 5.41 Å². The van der Waals surface area contributed by atoms with Crippen LogP contribution in [-0.4, -0.2) is 14.6 Å². The van der Waals surface area contributed by atoms with Gasteiger partial charge in [0.1, 0.15) is 11.8 Å². The average molecular weight is 243 g/mol. The van der Waals surface area contributed by atoms with Crippen LogP contribution in [0.3, 0.4) is 0 Å². The van der Waals surface area contributed by atoms with E-state index in [-0.39, 0.29) is 5.41 Å². The number of rotatable bonds is 4. The van der Waals surface area contributed by atoms with Crippen molar-refractivity contribution in [3.8, 4) is 6.07 Å². The maximum Gasteiger partial charge on any atom is 0.151 e. The molecule has 0 aliphatic rings. The van der Waals surface area contributed by atoms with Crippen LogP contribution < -0.4 is 5.73 Å². The lowest BCUT2D eigenvalue weighted by Gasteiger charge is -2.18. The van der Waals surface area contributed by atoms with E-state index < -0.39 is 0 Å². The van der Waals surface area contributed by atoms with E-state index >= 15 is 0 Å². The maximum absolute atomic E-state index is 9.17. The molecule has 2 heterocycles. The molecule has 0 aromatic carbocycles. The van der Waals surface area contributed by atoms with Gasteiger partial charge in [-0.05, 0) is 38.3 Å². The summed E-state index contributed by atoms with van der Waals surface area (Å²) in [7, 11) is 0. The molecule has 5 heteroatoms. The second-order valence-electron chi connectivity index (χ2n) is 4.79. The van der Waals surface area contributed by atoms with Gasteiger partial charge in [-0.1, -0.05) is 6.92 Å². The third kappa shape index (κ3) is 2.14. The highest BCUT2D eigenvalue weighted by atomic mass is 15.2. The minimum Gasteiger partial charge on any atom is -0.382 e. The zero-order valence-corrected chi connectivity index (χ0v) is 10.7. The fourth-order valence-electron chi connectivity index (χ4n) is 1.91. The van der Waals surface area contributed by atoms with Crippen molar-refractivity contribution in [3.05, 3.63) is 24.2 Å². The number of fused-ring (bicyclic) bond motifs is 1. The highest BCUT2D eigenvalue weighted by Gasteiger charge is 2.21. The number of nitrogen functional groups attached to an aromatic ring is 1. The summed E-state index contributed by atoms with van der Waals surface area (Å²) < 4.78 is 1.80. The number of aromatic nitrogens is 3. The SMILES string of the molecule is CCC(C)(C#N)CCc1ccc2c(N)ncnn12. The molecule has 0 saturated heterocycles. The minimum absolute atomic E-state index is 0.275. The number of aryl methyl sites for hydroxylation is 1. The summed E-state index contributed by atoms with van der Waals surface area (Å²) >= 11 is 0. The molecule has 2 aromatic heterocycles. The van der Waals surface area contributed by atoms with E-state index in [0.717, 1.165) is 30.5 Å². The molecular weight excluding hydrogens is 226 g/mol. The van der Waals surface area contributed by atoms with Gasteiger partial charge in [-0.15, -0.1) is 0 Å². The Balaban J connectivity index is 2.24. The lowest BCUT2D eigenvalue weighted by Crippen LogP contribution is -2.14. The maximum atomic E-state index is 9.17. The fraction of sp³-hybridized carbons (Fsp3) is 0.462. The Hall–Kier alpha value is -2.09. The van der Waals surface area contributed by atoms with E-state index in [2.05, 4.69) is 16.2 Å². The first-order valence-electron chi connectivity index (χ1n) is 6.08. The topological polar surface area (TPSA) is 80.0 Å². The molecule has 2 N–H and O–H groups in total. The molecule has 0 aliphatic heterocycles. The van der Waals surface area contributed by atoms with E-state index in [9.17, 15) is 0 Å². The van der Waals surface area contributed by atoms with Crippen LogP contribution in [0.4, 0.5) is 5.82 Å². The van der Waals surface area contributed by atoms with Gasteiger partial charge in [-0.2, -0.15) is 10.4 Å². The van der Waals surface area contributed by atoms with Crippen LogP contribution in [0.2, 0.25) is 0 Å². The van der Waals surface area contributed by atoms with Crippen molar-refractivity contribution in [1.29, 1.82) is 5.26 Å². The van der Waals surface area contributed by atoms with Crippen LogP contribution >= 0.6 is 0 Å². The zero-order chi connectivity index (χ0) is 13.2. The second kappa shape index (κ2) is 4.65. The number of nitrogens with two attached hydrogens (primary N) is 1. The van der Waals surface area contributed by atoms with Gasteiger partial charge >= 0.3 is 0 Å². The van der Waals surface area contributed by atoms with Gasteiger partial charge in [0.2, 0.25) is 0 Å². The van der Waals surface area contributed by atoms with Crippen LogP contribution in [0.25, 0.3) is 5.52 Å². The van der Waals surface area contributed by atoms with Crippen LogP contribution in [0, 0.1) is 16.7 Å². The van der Waals surface area contributed by atoms with Crippen molar-refractivity contribution >= 4 is 11.3 Å². The minimum atomic E-state index is -0.275. The van der Waals surface area contributed by atoms with Crippen molar-refractivity contribution < 1.29 is 0 Å². The summed E-state index contributed by atoms with van der Waals surface area (Å²) in [5, 5.41) is 13.4. The normalized spacial score (nSPS) is 14.3. The summed E-state index contributed by atoms with van der Waals surface area (Å²) in [4.78, 5) is 3.96. The van der Waals surface area contributed by atoms with E-state index in [1.54, 1.807) is 4.52 Å². The first-order chi connectivity index (χ1) is 8.59. The molecule has 1 unspecified atom stereocenters. The highest BCUT2D eigenvalue weighted by molar-refractivity contribution is 5.65. The molecule has 0 fully saturated rings. The molecule has 1 atom stereocenters.